The maximum absolute atomic E-state index is 11.2. The quantitative estimate of drug-likeness (QED) is 0.705. The molecule has 4 nitrogen and oxygen atoms in total. The van der Waals surface area contributed by atoms with Gasteiger partial charge in [0.05, 0.1) is 13.2 Å². The minimum absolute atomic E-state index is 0.138. The largest absolute Gasteiger partial charge is 0.353 e. The fraction of sp³-hybridized carbons (Fsp3) is 0.900. The predicted molar refractivity (Wildman–Crippen MR) is 50.6 cm³/mol. The van der Waals surface area contributed by atoms with Crippen LogP contribution in [0.15, 0.2) is 0 Å². The summed E-state index contributed by atoms with van der Waals surface area (Å²) in [6, 6.07) is 0.200. The molecule has 0 radical (unpaired) electrons. The molecule has 0 bridgehead atoms. The molecule has 0 spiro atoms. The normalized spacial score (nSPS) is 36.0. The summed E-state index contributed by atoms with van der Waals surface area (Å²) in [6.07, 6.45) is 0.489. The van der Waals surface area contributed by atoms with Crippen LogP contribution in [0, 0.1) is 11.8 Å². The molecule has 3 unspecified atom stereocenters. The first-order valence-corrected chi connectivity index (χ1v) is 5.21. The van der Waals surface area contributed by atoms with E-state index >= 15 is 0 Å². The lowest BCUT2D eigenvalue weighted by Crippen LogP contribution is -2.40. The van der Waals surface area contributed by atoms with Gasteiger partial charge in [-0.1, -0.05) is 13.8 Å². The molecule has 1 amide bonds. The van der Waals surface area contributed by atoms with Crippen LogP contribution in [-0.2, 0) is 14.3 Å². The van der Waals surface area contributed by atoms with Gasteiger partial charge in [0.2, 0.25) is 5.91 Å². The van der Waals surface area contributed by atoms with Crippen LogP contribution in [0.5, 0.6) is 0 Å². The Morgan fingerprint density at radius 3 is 2.57 bits per heavy atom. The second kappa shape index (κ2) is 3.87. The number of ether oxygens (including phenoxy) is 2. The molecule has 0 saturated carbocycles. The number of amides is 1. The van der Waals surface area contributed by atoms with Crippen molar-refractivity contribution in [1.29, 1.82) is 0 Å². The van der Waals surface area contributed by atoms with Crippen LogP contribution in [0.25, 0.3) is 0 Å². The Morgan fingerprint density at radius 1 is 1.43 bits per heavy atom. The second-order valence-electron chi connectivity index (χ2n) is 4.24. The van der Waals surface area contributed by atoms with Crippen LogP contribution in [0.4, 0.5) is 0 Å². The van der Waals surface area contributed by atoms with E-state index in [2.05, 4.69) is 19.2 Å². The number of hydrogen-bond donors (Lipinski definition) is 1. The predicted octanol–water partition coefficient (Wildman–Crippen LogP) is 0.520. The van der Waals surface area contributed by atoms with Crippen LogP contribution >= 0.6 is 0 Å². The monoisotopic (exact) mass is 199 g/mol. The molecule has 0 aromatic heterocycles. The van der Waals surface area contributed by atoms with Crippen LogP contribution in [0.3, 0.4) is 0 Å². The van der Waals surface area contributed by atoms with Gasteiger partial charge in [0.25, 0.3) is 0 Å². The van der Waals surface area contributed by atoms with Gasteiger partial charge in [-0.15, -0.1) is 0 Å². The third-order valence-corrected chi connectivity index (χ3v) is 3.09. The number of nitrogens with one attached hydrogen (secondary N) is 1. The number of hydrogen-bond acceptors (Lipinski definition) is 3. The van der Waals surface area contributed by atoms with Crippen molar-refractivity contribution in [3.05, 3.63) is 0 Å². The molecule has 2 saturated heterocycles. The highest BCUT2D eigenvalue weighted by Gasteiger charge is 2.38. The molecule has 14 heavy (non-hydrogen) atoms. The van der Waals surface area contributed by atoms with E-state index in [0.717, 1.165) is 0 Å². The fourth-order valence-corrected chi connectivity index (χ4v) is 2.31. The summed E-state index contributed by atoms with van der Waals surface area (Å²) in [6.45, 7) is 5.50. The Kier molecular flexibility index (Phi) is 2.74. The zero-order valence-electron chi connectivity index (χ0n) is 8.66. The zero-order valence-corrected chi connectivity index (χ0v) is 8.66. The summed E-state index contributed by atoms with van der Waals surface area (Å²) in [5.41, 5.74) is 0. The van der Waals surface area contributed by atoms with Crippen molar-refractivity contribution in [2.75, 3.05) is 13.2 Å². The van der Waals surface area contributed by atoms with Crippen molar-refractivity contribution in [3.8, 4) is 0 Å². The van der Waals surface area contributed by atoms with Gasteiger partial charge in [0.15, 0.2) is 6.29 Å². The Bertz CT molecular complexity index is 225. The van der Waals surface area contributed by atoms with Crippen LogP contribution in [-0.4, -0.2) is 31.5 Å². The Morgan fingerprint density at radius 2 is 2.07 bits per heavy atom. The molecule has 80 valence electrons. The van der Waals surface area contributed by atoms with Crippen LogP contribution < -0.4 is 5.32 Å². The number of rotatable bonds is 2. The summed E-state index contributed by atoms with van der Waals surface area (Å²) >= 11 is 0. The zero-order chi connectivity index (χ0) is 10.1. The van der Waals surface area contributed by atoms with Gasteiger partial charge in [-0.2, -0.15) is 0 Å². The van der Waals surface area contributed by atoms with Gasteiger partial charge in [0.1, 0.15) is 0 Å². The van der Waals surface area contributed by atoms with Crippen LogP contribution in [0.2, 0.25) is 0 Å². The molecular weight excluding hydrogens is 182 g/mol. The summed E-state index contributed by atoms with van der Waals surface area (Å²) in [4.78, 5) is 11.2. The second-order valence-corrected chi connectivity index (χ2v) is 4.24. The maximum atomic E-state index is 11.2. The van der Waals surface area contributed by atoms with E-state index in [1.165, 1.54) is 0 Å². The van der Waals surface area contributed by atoms with E-state index < -0.39 is 0 Å². The lowest BCUT2D eigenvalue weighted by molar-refractivity contribution is -0.120. The average Bonchev–Trinajstić information content (AvgIpc) is 2.73. The van der Waals surface area contributed by atoms with Gasteiger partial charge in [-0.25, -0.2) is 0 Å². The summed E-state index contributed by atoms with van der Waals surface area (Å²) in [7, 11) is 0. The van der Waals surface area contributed by atoms with Crippen molar-refractivity contribution >= 4 is 5.91 Å². The molecule has 3 atom stereocenters. The van der Waals surface area contributed by atoms with Crippen molar-refractivity contribution < 1.29 is 14.3 Å². The molecule has 1 N–H and O–H groups in total. The topological polar surface area (TPSA) is 47.6 Å². The van der Waals surface area contributed by atoms with E-state index in [0.29, 0.717) is 25.6 Å². The van der Waals surface area contributed by atoms with Gasteiger partial charge < -0.3 is 14.8 Å². The molecule has 2 aliphatic rings. The van der Waals surface area contributed by atoms with E-state index in [9.17, 15) is 4.79 Å². The highest BCUT2D eigenvalue weighted by molar-refractivity contribution is 5.79. The number of carbonyl (C=O) groups excluding carboxylic acids is 1. The lowest BCUT2D eigenvalue weighted by atomic mass is 9.91. The van der Waals surface area contributed by atoms with E-state index in [-0.39, 0.29) is 24.2 Å². The molecule has 4 heteroatoms. The fourth-order valence-electron chi connectivity index (χ4n) is 2.31. The number of carbonyl (C=O) groups is 1. The van der Waals surface area contributed by atoms with E-state index in [1.807, 2.05) is 0 Å². The van der Waals surface area contributed by atoms with E-state index in [4.69, 9.17) is 9.47 Å². The summed E-state index contributed by atoms with van der Waals surface area (Å²) in [5, 5.41) is 2.98. The maximum Gasteiger partial charge on any atom is 0.220 e. The third kappa shape index (κ3) is 1.77. The Hall–Kier alpha value is -0.610. The Labute approximate surface area is 84.0 Å². The van der Waals surface area contributed by atoms with Gasteiger partial charge in [-0.3, -0.25) is 4.79 Å². The van der Waals surface area contributed by atoms with Crippen molar-refractivity contribution in [2.45, 2.75) is 32.6 Å². The molecule has 2 heterocycles. The van der Waals surface area contributed by atoms with E-state index in [1.54, 1.807) is 0 Å². The molecule has 0 aliphatic carbocycles. The first-order valence-electron chi connectivity index (χ1n) is 5.21. The van der Waals surface area contributed by atoms with Crippen molar-refractivity contribution in [2.24, 2.45) is 11.8 Å². The first kappa shape index (κ1) is 9.93. The molecule has 0 aromatic carbocycles. The summed E-state index contributed by atoms with van der Waals surface area (Å²) in [5.74, 6) is 0.761. The SMILES string of the molecule is CC1CC(=O)NC1C(C)C1OCCO1. The first-order chi connectivity index (χ1) is 6.68. The van der Waals surface area contributed by atoms with Crippen molar-refractivity contribution in [1.82, 2.24) is 5.32 Å². The molecule has 2 aliphatic heterocycles. The van der Waals surface area contributed by atoms with Gasteiger partial charge in [-0.05, 0) is 5.92 Å². The highest BCUT2D eigenvalue weighted by Crippen LogP contribution is 2.27. The minimum Gasteiger partial charge on any atom is -0.353 e. The molecule has 2 fully saturated rings. The van der Waals surface area contributed by atoms with Crippen molar-refractivity contribution in [3.63, 3.8) is 0 Å². The average molecular weight is 199 g/mol. The summed E-state index contributed by atoms with van der Waals surface area (Å²) < 4.78 is 10.9. The third-order valence-electron chi connectivity index (χ3n) is 3.09. The smallest absolute Gasteiger partial charge is 0.220 e. The van der Waals surface area contributed by atoms with Gasteiger partial charge >= 0.3 is 0 Å². The highest BCUT2D eigenvalue weighted by atomic mass is 16.7. The standard InChI is InChI=1S/C10H17NO3/c1-6-5-8(12)11-9(6)7(2)10-13-3-4-14-10/h6-7,9-10H,3-5H2,1-2H3,(H,11,12). The van der Waals surface area contributed by atoms with Crippen LogP contribution in [0.1, 0.15) is 20.3 Å². The molecule has 0 aromatic rings. The Balaban J connectivity index is 1.96. The minimum atomic E-state index is -0.138. The molecular formula is C10H17NO3. The molecule has 2 rings (SSSR count). The van der Waals surface area contributed by atoms with Gasteiger partial charge in [0, 0.05) is 18.4 Å². The lowest BCUT2D eigenvalue weighted by Gasteiger charge is -2.26.